The molecule has 1 atom stereocenters. The van der Waals surface area contributed by atoms with Crippen LogP contribution in [0.5, 0.6) is 0 Å². The Morgan fingerprint density at radius 3 is 2.49 bits per heavy atom. The molecule has 1 saturated heterocycles. The fourth-order valence-corrected chi connectivity index (χ4v) is 7.67. The van der Waals surface area contributed by atoms with Gasteiger partial charge < -0.3 is 18.8 Å². The van der Waals surface area contributed by atoms with Crippen LogP contribution in [0.2, 0.25) is 5.02 Å². The van der Waals surface area contributed by atoms with E-state index >= 15 is 0 Å². The van der Waals surface area contributed by atoms with Crippen molar-refractivity contribution in [3.05, 3.63) is 124 Å². The summed E-state index contributed by atoms with van der Waals surface area (Å²) in [7, 11) is 3.84. The van der Waals surface area contributed by atoms with Gasteiger partial charge in [-0.25, -0.2) is 4.98 Å². The third-order valence-corrected chi connectivity index (χ3v) is 10.7. The van der Waals surface area contributed by atoms with E-state index in [0.717, 1.165) is 48.3 Å². The summed E-state index contributed by atoms with van der Waals surface area (Å²) < 4.78 is 9.50. The number of carbonyl (C=O) groups is 2. The van der Waals surface area contributed by atoms with E-state index in [1.54, 1.807) is 35.6 Å². The van der Waals surface area contributed by atoms with Gasteiger partial charge in [-0.2, -0.15) is 10.2 Å². The Morgan fingerprint density at radius 2 is 1.72 bits per heavy atom. The van der Waals surface area contributed by atoms with Crippen LogP contribution in [-0.2, 0) is 31.8 Å². The number of carbonyl (C=O) groups excluding carboxylic acids is 2. The van der Waals surface area contributed by atoms with Crippen molar-refractivity contribution in [1.29, 1.82) is 0 Å². The largest absolute Gasteiger partial charge is 0.379 e. The lowest BCUT2D eigenvalue weighted by Gasteiger charge is -2.40. The summed E-state index contributed by atoms with van der Waals surface area (Å²) in [4.78, 5) is 40.2. The predicted octanol–water partition coefficient (Wildman–Crippen LogP) is 6.63. The molecule has 0 unspecified atom stereocenters. The lowest BCUT2D eigenvalue weighted by atomic mass is 9.92. The number of rotatable bonds is 7. The molecule has 53 heavy (non-hydrogen) atoms. The highest BCUT2D eigenvalue weighted by atomic mass is 35.5. The first kappa shape index (κ1) is 36.3. The Labute approximate surface area is 319 Å². The van der Waals surface area contributed by atoms with E-state index in [1.165, 1.54) is 5.56 Å². The number of amides is 2. The number of aromatic nitrogens is 5. The van der Waals surface area contributed by atoms with Crippen molar-refractivity contribution in [2.75, 3.05) is 37.7 Å². The Hall–Kier alpha value is -5.07. The first-order valence-corrected chi connectivity index (χ1v) is 17.8. The maximum absolute atomic E-state index is 14.8. The van der Waals surface area contributed by atoms with Crippen LogP contribution in [0.4, 0.5) is 11.4 Å². The van der Waals surface area contributed by atoms with Gasteiger partial charge in [-0.1, -0.05) is 35.9 Å². The molecule has 0 radical (unpaired) electrons. The van der Waals surface area contributed by atoms with E-state index in [9.17, 15) is 9.59 Å². The number of fused-ring (bicyclic) bond motifs is 2. The number of hydrogen-bond donors (Lipinski definition) is 0. The number of pyridine rings is 1. The van der Waals surface area contributed by atoms with Crippen LogP contribution >= 0.6 is 24.0 Å². The lowest BCUT2D eigenvalue weighted by Crippen LogP contribution is -2.52. The van der Waals surface area contributed by atoms with Crippen molar-refractivity contribution in [3.8, 4) is 11.3 Å². The van der Waals surface area contributed by atoms with Gasteiger partial charge in [0.15, 0.2) is 0 Å². The fourth-order valence-electron chi connectivity index (χ4n) is 7.50. The molecule has 8 rings (SSSR count). The van der Waals surface area contributed by atoms with Crippen LogP contribution in [0.25, 0.3) is 22.3 Å². The summed E-state index contributed by atoms with van der Waals surface area (Å²) in [6, 6.07) is 21.3. The van der Waals surface area contributed by atoms with Crippen molar-refractivity contribution in [2.24, 2.45) is 14.1 Å². The van der Waals surface area contributed by atoms with Crippen molar-refractivity contribution in [3.63, 3.8) is 0 Å². The molecule has 6 heterocycles. The molecule has 0 aliphatic carbocycles. The molecule has 4 aromatic heterocycles. The van der Waals surface area contributed by atoms with Crippen molar-refractivity contribution < 1.29 is 14.3 Å². The summed E-state index contributed by atoms with van der Waals surface area (Å²) >= 11 is 6.65. The number of morpholine rings is 1. The quantitative estimate of drug-likeness (QED) is 0.181. The second-order valence-electron chi connectivity index (χ2n) is 13.5. The number of aryl methyl sites for hydroxylation is 1. The minimum Gasteiger partial charge on any atom is -0.379 e. The molecule has 2 amide bonds. The normalized spacial score (nSPS) is 15.9. The zero-order chi connectivity index (χ0) is 35.9. The summed E-state index contributed by atoms with van der Waals surface area (Å²) in [5, 5.41) is 9.41. The molecule has 6 aromatic rings. The molecule has 0 N–H and O–H groups in total. The van der Waals surface area contributed by atoms with Gasteiger partial charge in [-0.05, 0) is 66.9 Å². The smallest absolute Gasteiger partial charge is 0.264 e. The predicted molar refractivity (Wildman–Crippen MR) is 208 cm³/mol. The van der Waals surface area contributed by atoms with E-state index in [2.05, 4.69) is 38.3 Å². The van der Waals surface area contributed by atoms with Gasteiger partial charge in [0.25, 0.3) is 11.8 Å². The van der Waals surface area contributed by atoms with Gasteiger partial charge in [0.1, 0.15) is 5.65 Å². The zero-order valence-corrected chi connectivity index (χ0v) is 31.3. The molecule has 0 bridgehead atoms. The monoisotopic (exact) mass is 750 g/mol. The highest BCUT2D eigenvalue weighted by Gasteiger charge is 2.34. The number of hydrogen-bond acceptors (Lipinski definition) is 7. The van der Waals surface area contributed by atoms with E-state index in [-0.39, 0.29) is 30.3 Å². The summed E-state index contributed by atoms with van der Waals surface area (Å²) in [6.45, 7) is 6.25. The molecule has 0 spiro atoms. The van der Waals surface area contributed by atoms with E-state index < -0.39 is 0 Å². The SMILES string of the molecule is Cc1c(C(=O)N(c2ccnnc2)c2cnc3c(ccn3C)c2)cc(-c2cc(Cl)ccc2C(=O)N2Cc3ccccc3C[C@H]2CN2CCOCC2)n1C.Cl. The van der Waals surface area contributed by atoms with Crippen molar-refractivity contribution >= 4 is 58.2 Å². The average Bonchev–Trinajstić information content (AvgIpc) is 3.69. The summed E-state index contributed by atoms with van der Waals surface area (Å²) in [5.41, 5.74) is 7.49. The van der Waals surface area contributed by atoms with Crippen LogP contribution in [0.15, 0.2) is 91.5 Å². The molecule has 13 heteroatoms. The Bertz CT molecular complexity index is 2300. The maximum atomic E-state index is 14.8. The molecule has 272 valence electrons. The van der Waals surface area contributed by atoms with Gasteiger partial charge in [0.2, 0.25) is 0 Å². The second-order valence-corrected chi connectivity index (χ2v) is 14.0. The van der Waals surface area contributed by atoms with Gasteiger partial charge in [0.05, 0.1) is 48.7 Å². The number of anilines is 2. The van der Waals surface area contributed by atoms with E-state index in [1.807, 2.05) is 77.6 Å². The highest BCUT2D eigenvalue weighted by molar-refractivity contribution is 6.31. The summed E-state index contributed by atoms with van der Waals surface area (Å²) in [5.74, 6) is -0.338. The van der Waals surface area contributed by atoms with Gasteiger partial charge in [-0.3, -0.25) is 19.4 Å². The summed E-state index contributed by atoms with van der Waals surface area (Å²) in [6.07, 6.45) is 7.52. The molecule has 0 saturated carbocycles. The second kappa shape index (κ2) is 15.1. The zero-order valence-electron chi connectivity index (χ0n) is 29.8. The first-order chi connectivity index (χ1) is 25.3. The molecule has 1 fully saturated rings. The van der Waals surface area contributed by atoms with Gasteiger partial charge >= 0.3 is 0 Å². The standard InChI is InChI=1S/C40H39ClN8O3.ClH/c1-26-35(40(51)49(31-10-12-43-44-23-31)32-19-28-11-13-45(2)38(28)42-22-32)21-37(46(26)3)36-20-30(41)8-9-34(36)39(50)48-24-29-7-5-4-6-27(29)18-33(48)25-47-14-16-52-17-15-47;/h4-13,19-23,33H,14-18,24-25H2,1-3H3;1H/t33-;/m0./s1. The molecular formula is C40H40Cl2N8O3. The number of ether oxygens (including phenoxy) is 1. The number of nitrogens with zero attached hydrogens (tertiary/aromatic N) is 8. The molecule has 2 aliphatic rings. The Kier molecular flexibility index (Phi) is 10.4. The Morgan fingerprint density at radius 1 is 0.925 bits per heavy atom. The maximum Gasteiger partial charge on any atom is 0.264 e. The lowest BCUT2D eigenvalue weighted by molar-refractivity contribution is 0.0193. The van der Waals surface area contributed by atoms with E-state index in [4.69, 9.17) is 16.3 Å². The van der Waals surface area contributed by atoms with Crippen molar-refractivity contribution in [1.82, 2.24) is 34.1 Å². The third kappa shape index (κ3) is 6.93. The average molecular weight is 752 g/mol. The topological polar surface area (TPSA) is 102 Å². The van der Waals surface area contributed by atoms with Gasteiger partial charge in [-0.15, -0.1) is 12.4 Å². The first-order valence-electron chi connectivity index (χ1n) is 17.4. The van der Waals surface area contributed by atoms with Gasteiger partial charge in [0, 0.05) is 85.4 Å². The molecule has 11 nitrogen and oxygen atoms in total. The van der Waals surface area contributed by atoms with E-state index in [0.29, 0.717) is 58.5 Å². The fraction of sp³-hybridized carbons (Fsp3) is 0.275. The molecule has 2 aliphatic heterocycles. The van der Waals surface area contributed by atoms with Crippen LogP contribution in [-0.4, -0.2) is 84.8 Å². The Balaban J connectivity index is 0.00000435. The number of halogens is 2. The van der Waals surface area contributed by atoms with Crippen LogP contribution in [0.3, 0.4) is 0 Å². The third-order valence-electron chi connectivity index (χ3n) is 10.4. The number of benzene rings is 2. The van der Waals surface area contributed by atoms with Crippen molar-refractivity contribution in [2.45, 2.75) is 25.9 Å². The van der Waals surface area contributed by atoms with Crippen LogP contribution < -0.4 is 4.90 Å². The minimum atomic E-state index is -0.266. The highest BCUT2D eigenvalue weighted by Crippen LogP contribution is 2.36. The van der Waals surface area contributed by atoms with Crippen LogP contribution in [0.1, 0.15) is 37.5 Å². The van der Waals surface area contributed by atoms with Crippen LogP contribution in [0, 0.1) is 6.92 Å². The molecular weight excluding hydrogens is 711 g/mol. The minimum absolute atomic E-state index is 0. The molecule has 2 aromatic carbocycles.